The van der Waals surface area contributed by atoms with Crippen molar-refractivity contribution in [3.8, 4) is 11.5 Å². The van der Waals surface area contributed by atoms with Crippen LogP contribution in [0, 0.1) is 6.92 Å². The van der Waals surface area contributed by atoms with Crippen molar-refractivity contribution in [2.45, 2.75) is 13.5 Å². The van der Waals surface area contributed by atoms with E-state index in [0.29, 0.717) is 28.3 Å². The minimum Gasteiger partial charge on any atom is -0.497 e. The summed E-state index contributed by atoms with van der Waals surface area (Å²) in [5, 5.41) is 3.15. The number of amides is 2. The summed E-state index contributed by atoms with van der Waals surface area (Å²) < 4.78 is 10.7. The topological polar surface area (TPSA) is 67.9 Å². The van der Waals surface area contributed by atoms with Crippen LogP contribution >= 0.6 is 0 Å². The molecule has 0 saturated carbocycles. The maximum atomic E-state index is 13.4. The summed E-state index contributed by atoms with van der Waals surface area (Å²) >= 11 is 0. The molecule has 0 spiro atoms. The van der Waals surface area contributed by atoms with Crippen LogP contribution in [0.2, 0.25) is 0 Å². The van der Waals surface area contributed by atoms with Crippen molar-refractivity contribution in [1.29, 1.82) is 0 Å². The molecular formula is C26H24N2O4. The summed E-state index contributed by atoms with van der Waals surface area (Å²) in [4.78, 5) is 28.1. The monoisotopic (exact) mass is 428 g/mol. The summed E-state index contributed by atoms with van der Waals surface area (Å²) in [6.45, 7) is 2.19. The van der Waals surface area contributed by atoms with Crippen LogP contribution in [0.1, 0.15) is 16.7 Å². The molecule has 1 heterocycles. The third-order valence-electron chi connectivity index (χ3n) is 5.31. The molecule has 1 N–H and O–H groups in total. The fraction of sp³-hybridized carbons (Fsp3) is 0.154. The Morgan fingerprint density at radius 3 is 2.03 bits per heavy atom. The van der Waals surface area contributed by atoms with Crippen molar-refractivity contribution in [1.82, 2.24) is 4.90 Å². The maximum absolute atomic E-state index is 13.4. The van der Waals surface area contributed by atoms with Gasteiger partial charge in [-0.2, -0.15) is 0 Å². The van der Waals surface area contributed by atoms with Gasteiger partial charge < -0.3 is 14.8 Å². The van der Waals surface area contributed by atoms with Gasteiger partial charge in [-0.3, -0.25) is 14.5 Å². The van der Waals surface area contributed by atoms with E-state index >= 15 is 0 Å². The van der Waals surface area contributed by atoms with Crippen molar-refractivity contribution in [2.75, 3.05) is 19.5 Å². The highest BCUT2D eigenvalue weighted by Crippen LogP contribution is 2.33. The number of methoxy groups -OCH3 is 2. The first kappa shape index (κ1) is 21.2. The van der Waals surface area contributed by atoms with E-state index < -0.39 is 0 Å². The third-order valence-corrected chi connectivity index (χ3v) is 5.31. The predicted molar refractivity (Wildman–Crippen MR) is 123 cm³/mol. The zero-order valence-corrected chi connectivity index (χ0v) is 18.2. The lowest BCUT2D eigenvalue weighted by molar-refractivity contribution is -0.137. The van der Waals surface area contributed by atoms with Crippen LogP contribution < -0.4 is 14.8 Å². The van der Waals surface area contributed by atoms with E-state index in [1.165, 1.54) is 4.90 Å². The van der Waals surface area contributed by atoms with E-state index in [1.807, 2.05) is 61.5 Å². The highest BCUT2D eigenvalue weighted by Gasteiger charge is 2.39. The molecule has 1 aliphatic rings. The van der Waals surface area contributed by atoms with Gasteiger partial charge in [0.25, 0.3) is 11.8 Å². The summed E-state index contributed by atoms with van der Waals surface area (Å²) in [6.07, 6.45) is 0. The number of nitrogens with one attached hydrogen (secondary N) is 1. The molecule has 3 aromatic rings. The summed E-state index contributed by atoms with van der Waals surface area (Å²) in [5.74, 6) is 0.430. The molecule has 32 heavy (non-hydrogen) atoms. The number of carbonyl (C=O) groups is 2. The molecule has 0 fully saturated rings. The van der Waals surface area contributed by atoms with E-state index in [1.54, 1.807) is 32.4 Å². The Labute approximate surface area is 187 Å². The molecule has 0 radical (unpaired) electrons. The molecule has 1 aliphatic heterocycles. The van der Waals surface area contributed by atoms with Gasteiger partial charge >= 0.3 is 0 Å². The average Bonchev–Trinajstić information content (AvgIpc) is 3.04. The molecular weight excluding hydrogens is 404 g/mol. The van der Waals surface area contributed by atoms with E-state index in [9.17, 15) is 9.59 Å². The van der Waals surface area contributed by atoms with Gasteiger partial charge in [-0.1, -0.05) is 60.2 Å². The van der Waals surface area contributed by atoms with E-state index in [0.717, 1.165) is 11.1 Å². The van der Waals surface area contributed by atoms with Crippen LogP contribution in [0.15, 0.2) is 78.5 Å². The largest absolute Gasteiger partial charge is 0.497 e. The van der Waals surface area contributed by atoms with E-state index in [-0.39, 0.29) is 24.1 Å². The number of carbonyl (C=O) groups excluding carboxylic acids is 2. The molecule has 2 amide bonds. The van der Waals surface area contributed by atoms with Gasteiger partial charge in [0.2, 0.25) is 0 Å². The van der Waals surface area contributed by atoms with Crippen LogP contribution in [-0.2, 0) is 16.1 Å². The molecule has 3 aromatic carbocycles. The summed E-state index contributed by atoms with van der Waals surface area (Å²) in [6, 6.07) is 22.2. The highest BCUT2D eigenvalue weighted by atomic mass is 16.5. The maximum Gasteiger partial charge on any atom is 0.278 e. The van der Waals surface area contributed by atoms with Gasteiger partial charge in [0, 0.05) is 23.9 Å². The first-order valence-corrected chi connectivity index (χ1v) is 10.2. The van der Waals surface area contributed by atoms with Crippen molar-refractivity contribution in [3.63, 3.8) is 0 Å². The summed E-state index contributed by atoms with van der Waals surface area (Å²) in [7, 11) is 3.11. The fourth-order valence-corrected chi connectivity index (χ4v) is 3.61. The molecule has 0 saturated heterocycles. The van der Waals surface area contributed by atoms with Crippen LogP contribution in [0.5, 0.6) is 11.5 Å². The lowest BCUT2D eigenvalue weighted by atomic mass is 10.0. The minimum atomic E-state index is -0.379. The smallest absolute Gasteiger partial charge is 0.278 e. The Morgan fingerprint density at radius 2 is 1.44 bits per heavy atom. The standard InChI is InChI=1S/C26H24N2O4/c1-17-9-11-18(12-10-17)16-28-25(29)23(19-7-5-4-6-8-19)24(26(28)30)27-20-13-21(31-2)15-22(14-20)32-3/h4-15,27H,16H2,1-3H3. The molecule has 6 nitrogen and oxygen atoms in total. The second-order valence-electron chi connectivity index (χ2n) is 7.52. The number of anilines is 1. The Bertz CT molecular complexity index is 1160. The van der Waals surface area contributed by atoms with E-state index in [4.69, 9.17) is 9.47 Å². The SMILES string of the molecule is COc1cc(NC2=C(c3ccccc3)C(=O)N(Cc3ccc(C)cc3)C2=O)cc(OC)c1. The predicted octanol–water partition coefficient (Wildman–Crippen LogP) is 4.40. The van der Waals surface area contributed by atoms with E-state index in [2.05, 4.69) is 5.32 Å². The van der Waals surface area contributed by atoms with Gasteiger partial charge in [0.05, 0.1) is 26.3 Å². The first-order chi connectivity index (χ1) is 15.5. The number of rotatable bonds is 7. The molecule has 162 valence electrons. The molecule has 4 rings (SSSR count). The summed E-state index contributed by atoms with van der Waals surface area (Å²) in [5.41, 5.74) is 3.82. The Hall–Kier alpha value is -4.06. The number of hydrogen-bond acceptors (Lipinski definition) is 5. The van der Waals surface area contributed by atoms with Crippen LogP contribution in [0.25, 0.3) is 5.57 Å². The first-order valence-electron chi connectivity index (χ1n) is 10.2. The number of nitrogens with zero attached hydrogens (tertiary/aromatic N) is 1. The van der Waals surface area contributed by atoms with Crippen molar-refractivity contribution >= 4 is 23.1 Å². The number of ether oxygens (including phenoxy) is 2. The lowest BCUT2D eigenvalue weighted by Gasteiger charge is -2.16. The van der Waals surface area contributed by atoms with Gasteiger partial charge in [0.15, 0.2) is 0 Å². The quantitative estimate of drug-likeness (QED) is 0.565. The minimum absolute atomic E-state index is 0.195. The van der Waals surface area contributed by atoms with Gasteiger partial charge in [-0.15, -0.1) is 0 Å². The number of aryl methyl sites for hydroxylation is 1. The Kier molecular flexibility index (Phi) is 5.94. The molecule has 0 unspecified atom stereocenters. The van der Waals surface area contributed by atoms with Crippen molar-refractivity contribution in [2.24, 2.45) is 0 Å². The third kappa shape index (κ3) is 4.21. The van der Waals surface area contributed by atoms with Gasteiger partial charge in [0.1, 0.15) is 17.2 Å². The van der Waals surface area contributed by atoms with Crippen LogP contribution in [-0.4, -0.2) is 30.9 Å². The van der Waals surface area contributed by atoms with Gasteiger partial charge in [-0.25, -0.2) is 0 Å². The molecule has 0 atom stereocenters. The van der Waals surface area contributed by atoms with Crippen molar-refractivity contribution < 1.29 is 19.1 Å². The molecule has 0 aliphatic carbocycles. The molecule has 0 aromatic heterocycles. The Morgan fingerprint density at radius 1 is 0.812 bits per heavy atom. The number of imide groups is 1. The molecule has 0 bridgehead atoms. The highest BCUT2D eigenvalue weighted by molar-refractivity contribution is 6.36. The van der Waals surface area contributed by atoms with Crippen molar-refractivity contribution in [3.05, 3.63) is 95.2 Å². The van der Waals surface area contributed by atoms with Crippen LogP contribution in [0.4, 0.5) is 5.69 Å². The average molecular weight is 428 g/mol. The second kappa shape index (κ2) is 8.98. The fourth-order valence-electron chi connectivity index (χ4n) is 3.61. The number of hydrogen-bond donors (Lipinski definition) is 1. The Balaban J connectivity index is 1.74. The zero-order valence-electron chi connectivity index (χ0n) is 18.2. The molecule has 6 heteroatoms. The second-order valence-corrected chi connectivity index (χ2v) is 7.52. The van der Waals surface area contributed by atoms with Gasteiger partial charge in [-0.05, 0) is 18.1 Å². The van der Waals surface area contributed by atoms with Crippen LogP contribution in [0.3, 0.4) is 0 Å². The lowest BCUT2D eigenvalue weighted by Crippen LogP contribution is -2.32. The zero-order chi connectivity index (χ0) is 22.7. The number of benzene rings is 3. The normalized spacial score (nSPS) is 13.5.